The van der Waals surface area contributed by atoms with Crippen molar-refractivity contribution in [3.63, 3.8) is 0 Å². The third-order valence-electron chi connectivity index (χ3n) is 0.632. The quantitative estimate of drug-likeness (QED) is 0.697. The summed E-state index contributed by atoms with van der Waals surface area (Å²) in [7, 11) is 3.61. The fraction of sp³-hybridized carbons (Fsp3) is 1.00. The molecule has 0 aromatic rings. The fourth-order valence-corrected chi connectivity index (χ4v) is 0. The molecule has 0 N–H and O–H groups in total. The number of hydrogen-bond acceptors (Lipinski definition) is 0. The van der Waals surface area contributed by atoms with Crippen LogP contribution in [-0.2, 0) is 25.8 Å². The van der Waals surface area contributed by atoms with Gasteiger partial charge in [0.15, 0.2) is 0 Å². The minimum absolute atomic E-state index is 0. The van der Waals surface area contributed by atoms with Gasteiger partial charge < -0.3 is 10.6 Å². The molecule has 0 aliphatic carbocycles. The summed E-state index contributed by atoms with van der Waals surface area (Å²) in [5.41, 5.74) is 0. The molecule has 0 aromatic carbocycles. The average molecular weight is 295 g/mol. The molecule has 3 heteroatoms. The average Bonchev–Trinajstić information content (AvgIpc) is 1.88. The second-order valence-electron chi connectivity index (χ2n) is 1.26. The van der Waals surface area contributed by atoms with Gasteiger partial charge in [-0.2, -0.15) is 27.2 Å². The van der Waals surface area contributed by atoms with Gasteiger partial charge in [0.05, 0.1) is 0 Å². The van der Waals surface area contributed by atoms with Crippen molar-refractivity contribution in [2.75, 3.05) is 27.2 Å². The van der Waals surface area contributed by atoms with Crippen LogP contribution >= 0.6 is 0 Å². The van der Waals surface area contributed by atoms with E-state index in [1.54, 1.807) is 14.1 Å². The molecule has 0 saturated carbocycles. The molecule has 2 nitrogen and oxygen atoms in total. The van der Waals surface area contributed by atoms with Gasteiger partial charge in [0.25, 0.3) is 0 Å². The molecule has 9 heavy (non-hydrogen) atoms. The van der Waals surface area contributed by atoms with Gasteiger partial charge in [-0.05, 0) is 0 Å². The van der Waals surface area contributed by atoms with E-state index in [9.17, 15) is 0 Å². The normalized spacial score (nSPS) is 6.67. The molecule has 56 valence electrons. The van der Waals surface area contributed by atoms with Crippen LogP contribution < -0.4 is 0 Å². The van der Waals surface area contributed by atoms with Gasteiger partial charge in [-0.1, -0.05) is 13.8 Å². The van der Waals surface area contributed by atoms with Crippen molar-refractivity contribution in [2.24, 2.45) is 0 Å². The maximum atomic E-state index is 3.74. The molecule has 0 bridgehead atoms. The topological polar surface area (TPSA) is 28.2 Å². The Morgan fingerprint density at radius 3 is 1.00 bits per heavy atom. The first-order valence-corrected chi connectivity index (χ1v) is 2.94. The largest absolute Gasteiger partial charge is 0.665 e. The summed E-state index contributed by atoms with van der Waals surface area (Å²) in [6.07, 6.45) is 0. The standard InChI is InChI=1S/2C3H8N.Hf/c2*1-3-4-2;/h2*3H2,1-2H3;/q2*-1;. The van der Waals surface area contributed by atoms with Gasteiger partial charge in [0, 0.05) is 25.8 Å². The summed E-state index contributed by atoms with van der Waals surface area (Å²) in [5.74, 6) is 0. The maximum absolute atomic E-state index is 3.74. The van der Waals surface area contributed by atoms with E-state index in [1.165, 1.54) is 0 Å². The first kappa shape index (κ1) is 16.4. The van der Waals surface area contributed by atoms with E-state index in [1.807, 2.05) is 13.8 Å². The summed E-state index contributed by atoms with van der Waals surface area (Å²) >= 11 is 0. The van der Waals surface area contributed by atoms with Crippen molar-refractivity contribution in [1.29, 1.82) is 0 Å². The van der Waals surface area contributed by atoms with E-state index >= 15 is 0 Å². The maximum Gasteiger partial charge on any atom is 0 e. The minimum Gasteiger partial charge on any atom is -0.665 e. The van der Waals surface area contributed by atoms with E-state index < -0.39 is 0 Å². The van der Waals surface area contributed by atoms with Crippen molar-refractivity contribution >= 4 is 0 Å². The number of nitrogens with zero attached hydrogens (tertiary/aromatic N) is 2. The SMILES string of the molecule is CC[N-]C.CC[N-]C.[Hf]. The van der Waals surface area contributed by atoms with Gasteiger partial charge in [-0.15, -0.1) is 0 Å². The summed E-state index contributed by atoms with van der Waals surface area (Å²) < 4.78 is 0. The van der Waals surface area contributed by atoms with Crippen LogP contribution in [0.4, 0.5) is 0 Å². The zero-order valence-electron chi connectivity index (χ0n) is 6.81. The van der Waals surface area contributed by atoms with Crippen molar-refractivity contribution in [3.05, 3.63) is 10.6 Å². The molecular weight excluding hydrogens is 279 g/mol. The zero-order chi connectivity index (χ0) is 6.83. The summed E-state index contributed by atoms with van der Waals surface area (Å²) in [6.45, 7) is 5.92. The van der Waals surface area contributed by atoms with Gasteiger partial charge in [0.1, 0.15) is 0 Å². The summed E-state index contributed by atoms with van der Waals surface area (Å²) in [4.78, 5) is 0. The van der Waals surface area contributed by atoms with E-state index in [-0.39, 0.29) is 25.8 Å². The Labute approximate surface area is 77.6 Å². The second-order valence-corrected chi connectivity index (χ2v) is 1.26. The molecule has 0 unspecified atom stereocenters. The van der Waals surface area contributed by atoms with E-state index in [4.69, 9.17) is 0 Å². The molecule has 0 rings (SSSR count). The smallest absolute Gasteiger partial charge is 0 e. The van der Waals surface area contributed by atoms with Gasteiger partial charge >= 0.3 is 0 Å². The first-order chi connectivity index (χ1) is 3.83. The number of hydrogen-bond donors (Lipinski definition) is 0. The molecule has 0 aliphatic heterocycles. The van der Waals surface area contributed by atoms with Crippen LogP contribution in [-0.4, -0.2) is 27.2 Å². The third-order valence-corrected chi connectivity index (χ3v) is 0.632. The molecule has 0 aliphatic rings. The molecule has 0 amide bonds. The van der Waals surface area contributed by atoms with Crippen molar-refractivity contribution in [3.8, 4) is 0 Å². The van der Waals surface area contributed by atoms with Crippen molar-refractivity contribution in [1.82, 2.24) is 0 Å². The summed E-state index contributed by atoms with van der Waals surface area (Å²) in [5, 5.41) is 7.47. The molecule has 0 fully saturated rings. The van der Waals surface area contributed by atoms with E-state index in [0.717, 1.165) is 13.1 Å². The van der Waals surface area contributed by atoms with E-state index in [0.29, 0.717) is 0 Å². The van der Waals surface area contributed by atoms with Gasteiger partial charge in [-0.3, -0.25) is 0 Å². The van der Waals surface area contributed by atoms with Crippen LogP contribution in [0.5, 0.6) is 0 Å². The Kier molecular flexibility index (Phi) is 42.4. The molecule has 0 aromatic heterocycles. The molecule has 0 heterocycles. The molecule has 0 saturated heterocycles. The monoisotopic (exact) mass is 296 g/mol. The van der Waals surface area contributed by atoms with Crippen LogP contribution in [0.25, 0.3) is 10.6 Å². The van der Waals surface area contributed by atoms with Crippen molar-refractivity contribution in [2.45, 2.75) is 13.8 Å². The Hall–Kier alpha value is 0.790. The molecule has 0 atom stereocenters. The summed E-state index contributed by atoms with van der Waals surface area (Å²) in [6, 6.07) is 0. The Balaban J connectivity index is -0.0000000720. The molecule has 0 radical (unpaired) electrons. The van der Waals surface area contributed by atoms with Crippen LogP contribution in [0, 0.1) is 0 Å². The van der Waals surface area contributed by atoms with Crippen LogP contribution in [0.2, 0.25) is 0 Å². The zero-order valence-corrected chi connectivity index (χ0v) is 10.4. The van der Waals surface area contributed by atoms with Gasteiger partial charge in [-0.25, -0.2) is 0 Å². The van der Waals surface area contributed by atoms with Crippen LogP contribution in [0.15, 0.2) is 0 Å². The Bertz CT molecular complexity index is 19.0. The number of rotatable bonds is 2. The van der Waals surface area contributed by atoms with Gasteiger partial charge in [0.2, 0.25) is 0 Å². The van der Waals surface area contributed by atoms with Crippen LogP contribution in [0.1, 0.15) is 13.8 Å². The minimum atomic E-state index is 0. The molecule has 0 spiro atoms. The van der Waals surface area contributed by atoms with Crippen molar-refractivity contribution < 1.29 is 25.8 Å². The first-order valence-electron chi connectivity index (χ1n) is 2.94. The predicted octanol–water partition coefficient (Wildman–Crippen LogP) is 2.02. The Morgan fingerprint density at radius 1 is 0.889 bits per heavy atom. The second kappa shape index (κ2) is 23.2. The Morgan fingerprint density at radius 2 is 1.00 bits per heavy atom. The predicted molar refractivity (Wildman–Crippen MR) is 39.6 cm³/mol. The van der Waals surface area contributed by atoms with Crippen LogP contribution in [0.3, 0.4) is 0 Å². The van der Waals surface area contributed by atoms with E-state index in [2.05, 4.69) is 10.6 Å². The fourth-order valence-electron chi connectivity index (χ4n) is 0. The molecular formula is C6H16HfN2-2. The third kappa shape index (κ3) is 52.1.